The number of rotatable bonds is 1. The lowest BCUT2D eigenvalue weighted by molar-refractivity contribution is -0.141. The van der Waals surface area contributed by atoms with Gasteiger partial charge in [-0.05, 0) is 86.4 Å². The summed E-state index contributed by atoms with van der Waals surface area (Å²) in [5.41, 5.74) is 1.85. The Hall–Kier alpha value is -0.630. The number of allylic oxidation sites excluding steroid dienone is 1. The van der Waals surface area contributed by atoms with E-state index in [1.54, 1.807) is 0 Å². The summed E-state index contributed by atoms with van der Waals surface area (Å²) in [6.07, 6.45) is 10.1. The number of Topliss-reactive ketones (excluding diaryl/α,β-unsaturated/α-hetero) is 1. The van der Waals surface area contributed by atoms with Crippen LogP contribution >= 0.6 is 0 Å². The van der Waals surface area contributed by atoms with E-state index in [2.05, 4.69) is 33.8 Å². The molecule has 4 rings (SSSR count). The maximum absolute atomic E-state index is 12.7. The van der Waals surface area contributed by atoms with Gasteiger partial charge in [0.1, 0.15) is 5.78 Å². The highest BCUT2D eigenvalue weighted by Crippen LogP contribution is 2.71. The zero-order valence-corrected chi connectivity index (χ0v) is 16.8. The van der Waals surface area contributed by atoms with Crippen LogP contribution in [-0.2, 0) is 4.79 Å². The molecule has 140 valence electrons. The predicted molar refractivity (Wildman–Crippen MR) is 101 cm³/mol. The molecule has 0 amide bonds. The Bertz CT molecular complexity index is 622. The monoisotopic (exact) mass is 344 g/mol. The van der Waals surface area contributed by atoms with Crippen molar-refractivity contribution in [3.05, 3.63) is 11.6 Å². The summed E-state index contributed by atoms with van der Waals surface area (Å²) in [5, 5.41) is 10.1. The first kappa shape index (κ1) is 17.8. The molecule has 3 fully saturated rings. The lowest BCUT2D eigenvalue weighted by Crippen LogP contribution is -2.54. The van der Waals surface area contributed by atoms with Crippen LogP contribution in [0.15, 0.2) is 11.6 Å². The van der Waals surface area contributed by atoms with E-state index in [-0.39, 0.29) is 16.9 Å². The predicted octanol–water partition coefficient (Wildman–Crippen LogP) is 5.15. The minimum Gasteiger partial charge on any atom is -0.389 e. The van der Waals surface area contributed by atoms with Crippen LogP contribution in [0.25, 0.3) is 0 Å². The molecule has 3 saturated carbocycles. The van der Waals surface area contributed by atoms with E-state index in [1.165, 1.54) is 31.3 Å². The Kier molecular flexibility index (Phi) is 3.87. The van der Waals surface area contributed by atoms with Crippen molar-refractivity contribution in [3.8, 4) is 0 Å². The quantitative estimate of drug-likeness (QED) is 0.668. The van der Waals surface area contributed by atoms with Gasteiger partial charge in [0.05, 0.1) is 6.10 Å². The molecule has 2 heteroatoms. The number of fused-ring (bicyclic) bond motifs is 5. The fourth-order valence-corrected chi connectivity index (χ4v) is 8.04. The molecule has 0 aromatic carbocycles. The standard InChI is InChI=1S/C23H36O2/c1-14-12-20-18-7-6-16-13-17(25)8-10-21(16,3)19(18)9-11-22(20,4)23(14,5)15(2)24/h13-14,17-20,25H,6-12H2,1-5H3. The zero-order chi connectivity index (χ0) is 18.2. The minimum absolute atomic E-state index is 0.150. The Morgan fingerprint density at radius 2 is 1.84 bits per heavy atom. The maximum Gasteiger partial charge on any atom is 0.136 e. The van der Waals surface area contributed by atoms with Crippen molar-refractivity contribution in [3.63, 3.8) is 0 Å². The van der Waals surface area contributed by atoms with Crippen molar-refractivity contribution >= 4 is 5.78 Å². The van der Waals surface area contributed by atoms with E-state index >= 15 is 0 Å². The van der Waals surface area contributed by atoms with Gasteiger partial charge in [0.25, 0.3) is 0 Å². The first-order valence-electron chi connectivity index (χ1n) is 10.5. The van der Waals surface area contributed by atoms with Crippen LogP contribution in [0.1, 0.15) is 79.6 Å². The molecule has 0 heterocycles. The first-order valence-corrected chi connectivity index (χ1v) is 10.5. The molecule has 0 aromatic rings. The van der Waals surface area contributed by atoms with Crippen LogP contribution in [0.2, 0.25) is 0 Å². The van der Waals surface area contributed by atoms with Crippen molar-refractivity contribution in [2.75, 3.05) is 0 Å². The number of hydrogen-bond acceptors (Lipinski definition) is 2. The summed E-state index contributed by atoms with van der Waals surface area (Å²) in [4.78, 5) is 12.7. The van der Waals surface area contributed by atoms with E-state index in [0.29, 0.717) is 23.0 Å². The third-order valence-corrected chi connectivity index (χ3v) is 9.99. The fraction of sp³-hybridized carbons (Fsp3) is 0.870. The molecular formula is C23H36O2. The molecule has 0 saturated heterocycles. The van der Waals surface area contributed by atoms with Crippen LogP contribution in [0.5, 0.6) is 0 Å². The number of aliphatic hydroxyl groups excluding tert-OH is 1. The van der Waals surface area contributed by atoms with Crippen molar-refractivity contribution < 1.29 is 9.90 Å². The molecule has 0 bridgehead atoms. The smallest absolute Gasteiger partial charge is 0.136 e. The average molecular weight is 345 g/mol. The average Bonchev–Trinajstić information content (AvgIpc) is 2.77. The van der Waals surface area contributed by atoms with Gasteiger partial charge in [-0.15, -0.1) is 0 Å². The summed E-state index contributed by atoms with van der Waals surface area (Å²) in [6, 6.07) is 0. The number of ketones is 1. The van der Waals surface area contributed by atoms with E-state index in [4.69, 9.17) is 0 Å². The van der Waals surface area contributed by atoms with Crippen LogP contribution in [0.3, 0.4) is 0 Å². The summed E-state index contributed by atoms with van der Waals surface area (Å²) in [7, 11) is 0. The zero-order valence-electron chi connectivity index (χ0n) is 16.8. The van der Waals surface area contributed by atoms with Crippen molar-refractivity contribution in [2.45, 2.75) is 85.7 Å². The summed E-state index contributed by atoms with van der Waals surface area (Å²) in [5.74, 6) is 3.11. The van der Waals surface area contributed by atoms with E-state index in [9.17, 15) is 9.90 Å². The lowest BCUT2D eigenvalue weighted by Gasteiger charge is -2.59. The Balaban J connectivity index is 1.71. The van der Waals surface area contributed by atoms with Crippen LogP contribution < -0.4 is 0 Å². The van der Waals surface area contributed by atoms with E-state index in [0.717, 1.165) is 31.1 Å². The second kappa shape index (κ2) is 5.44. The first-order chi connectivity index (χ1) is 11.6. The van der Waals surface area contributed by atoms with Crippen molar-refractivity contribution in [1.82, 2.24) is 0 Å². The Morgan fingerprint density at radius 3 is 2.52 bits per heavy atom. The van der Waals surface area contributed by atoms with Gasteiger partial charge >= 0.3 is 0 Å². The van der Waals surface area contributed by atoms with Gasteiger partial charge < -0.3 is 5.11 Å². The fourth-order valence-electron chi connectivity index (χ4n) is 8.04. The van der Waals surface area contributed by atoms with Crippen molar-refractivity contribution in [2.24, 2.45) is 39.9 Å². The van der Waals surface area contributed by atoms with Gasteiger partial charge in [0.2, 0.25) is 0 Å². The minimum atomic E-state index is -0.221. The van der Waals surface area contributed by atoms with Crippen LogP contribution in [0, 0.1) is 39.9 Å². The third kappa shape index (κ3) is 2.10. The van der Waals surface area contributed by atoms with Gasteiger partial charge in [0.15, 0.2) is 0 Å². The third-order valence-electron chi connectivity index (χ3n) is 9.99. The number of hydrogen-bond donors (Lipinski definition) is 1. The number of carbonyl (C=O) groups is 1. The molecule has 0 aliphatic heterocycles. The van der Waals surface area contributed by atoms with E-state index < -0.39 is 0 Å². The lowest BCUT2D eigenvalue weighted by atomic mass is 9.45. The van der Waals surface area contributed by atoms with Crippen LogP contribution in [-0.4, -0.2) is 17.0 Å². The SMILES string of the molecule is CC(=O)C1(C)C(C)CC2C3CCC4=CC(O)CCC4(C)C3CCC21C. The van der Waals surface area contributed by atoms with Gasteiger partial charge in [-0.3, -0.25) is 4.79 Å². The highest BCUT2D eigenvalue weighted by atomic mass is 16.3. The molecule has 0 aromatic heterocycles. The number of carbonyl (C=O) groups excluding carboxylic acids is 1. The maximum atomic E-state index is 12.7. The molecule has 4 aliphatic carbocycles. The molecule has 0 radical (unpaired) electrons. The molecule has 8 unspecified atom stereocenters. The Morgan fingerprint density at radius 1 is 1.12 bits per heavy atom. The molecule has 8 atom stereocenters. The molecule has 2 nitrogen and oxygen atoms in total. The van der Waals surface area contributed by atoms with Gasteiger partial charge in [-0.1, -0.05) is 39.3 Å². The van der Waals surface area contributed by atoms with Gasteiger partial charge in [-0.2, -0.15) is 0 Å². The molecule has 0 spiro atoms. The second-order valence-corrected chi connectivity index (χ2v) is 10.5. The Labute approximate surface area is 153 Å². The second-order valence-electron chi connectivity index (χ2n) is 10.5. The highest BCUT2D eigenvalue weighted by Gasteiger charge is 2.66. The van der Waals surface area contributed by atoms with Gasteiger partial charge in [-0.25, -0.2) is 0 Å². The molecule has 25 heavy (non-hydrogen) atoms. The van der Waals surface area contributed by atoms with E-state index in [1.807, 2.05) is 6.92 Å². The number of aliphatic hydroxyl groups is 1. The summed E-state index contributed by atoms with van der Waals surface area (Å²) >= 11 is 0. The van der Waals surface area contributed by atoms with Crippen molar-refractivity contribution in [1.29, 1.82) is 0 Å². The topological polar surface area (TPSA) is 37.3 Å². The molecule has 4 aliphatic rings. The summed E-state index contributed by atoms with van der Waals surface area (Å²) < 4.78 is 0. The van der Waals surface area contributed by atoms with Gasteiger partial charge in [0, 0.05) is 5.41 Å². The molecular weight excluding hydrogens is 308 g/mol. The largest absolute Gasteiger partial charge is 0.389 e. The molecule has 1 N–H and O–H groups in total. The summed E-state index contributed by atoms with van der Waals surface area (Å²) in [6.45, 7) is 11.4. The highest BCUT2D eigenvalue weighted by molar-refractivity contribution is 5.83. The normalized spacial score (nSPS) is 55.0. The van der Waals surface area contributed by atoms with Crippen LogP contribution in [0.4, 0.5) is 0 Å².